The van der Waals surface area contributed by atoms with E-state index in [0.717, 1.165) is 12.8 Å². The summed E-state index contributed by atoms with van der Waals surface area (Å²) in [6.45, 7) is 3.80. The third-order valence-electron chi connectivity index (χ3n) is 2.99. The number of amides is 1. The number of anilines is 1. The molecule has 9 heteroatoms. The molecule has 0 spiro atoms. The number of aryl methyl sites for hydroxylation is 1. The number of halogens is 2. The average Bonchev–Trinajstić information content (AvgIpc) is 2.79. The largest absolute Gasteiger partial charge is 0.336 e. The normalized spacial score (nSPS) is 12.2. The second-order valence-corrected chi connectivity index (χ2v) is 7.11. The van der Waals surface area contributed by atoms with Crippen LogP contribution in [-0.2, 0) is 11.2 Å². The lowest BCUT2D eigenvalue weighted by Crippen LogP contribution is -2.24. The Bertz CT molecular complexity index is 686. The van der Waals surface area contributed by atoms with Gasteiger partial charge in [-0.3, -0.25) is 4.79 Å². The number of nitrogens with one attached hydrogen (secondary N) is 1. The number of nitrogens with two attached hydrogens (primary N) is 1. The predicted octanol–water partition coefficient (Wildman–Crippen LogP) is 3.37. The van der Waals surface area contributed by atoms with Gasteiger partial charge in [0, 0.05) is 22.2 Å². The van der Waals surface area contributed by atoms with Crippen molar-refractivity contribution >= 4 is 46.6 Å². The van der Waals surface area contributed by atoms with Crippen molar-refractivity contribution in [1.29, 1.82) is 0 Å². The van der Waals surface area contributed by atoms with Crippen molar-refractivity contribution in [3.63, 3.8) is 0 Å². The molecule has 3 N–H and O–H groups in total. The highest BCUT2D eigenvalue weighted by molar-refractivity contribution is 8.00. The van der Waals surface area contributed by atoms with E-state index in [9.17, 15) is 4.79 Å². The third kappa shape index (κ3) is 4.76. The number of nitrogen functional groups attached to an aromatic ring is 1. The van der Waals surface area contributed by atoms with Crippen LogP contribution >= 0.6 is 35.0 Å². The first-order valence-corrected chi connectivity index (χ1v) is 8.67. The number of carbonyl (C=O) groups excluding carboxylic acids is 1. The van der Waals surface area contributed by atoms with E-state index in [-0.39, 0.29) is 5.91 Å². The molecule has 1 atom stereocenters. The van der Waals surface area contributed by atoms with E-state index in [1.165, 1.54) is 16.4 Å². The van der Waals surface area contributed by atoms with E-state index >= 15 is 0 Å². The van der Waals surface area contributed by atoms with Gasteiger partial charge in [-0.2, -0.15) is 0 Å². The van der Waals surface area contributed by atoms with Crippen LogP contribution in [0.3, 0.4) is 0 Å². The molecule has 0 saturated heterocycles. The lowest BCUT2D eigenvalue weighted by Gasteiger charge is -2.12. The molecule has 23 heavy (non-hydrogen) atoms. The average molecular weight is 374 g/mol. The highest BCUT2D eigenvalue weighted by Gasteiger charge is 2.19. The Morgan fingerprint density at radius 2 is 2.00 bits per heavy atom. The number of rotatable bonds is 6. The molecule has 124 valence electrons. The molecule has 6 nitrogen and oxygen atoms in total. The molecule has 1 heterocycles. The number of nitrogens with zero attached hydrogens (tertiary/aromatic N) is 3. The van der Waals surface area contributed by atoms with Crippen LogP contribution in [0.5, 0.6) is 0 Å². The minimum absolute atomic E-state index is 0.201. The fraction of sp³-hybridized carbons (Fsp3) is 0.357. The Kier molecular flexibility index (Phi) is 6.15. The summed E-state index contributed by atoms with van der Waals surface area (Å²) in [7, 11) is 0. The van der Waals surface area contributed by atoms with Crippen LogP contribution in [0.2, 0.25) is 10.0 Å². The second-order valence-electron chi connectivity index (χ2n) is 4.93. The first-order valence-electron chi connectivity index (χ1n) is 7.03. The number of carbonyl (C=O) groups is 1. The molecule has 0 aliphatic carbocycles. The summed E-state index contributed by atoms with van der Waals surface area (Å²) in [5.74, 6) is 6.43. The van der Waals surface area contributed by atoms with E-state index in [4.69, 9.17) is 29.0 Å². The van der Waals surface area contributed by atoms with Gasteiger partial charge in [0.2, 0.25) is 11.1 Å². The Morgan fingerprint density at radius 3 is 2.61 bits per heavy atom. The van der Waals surface area contributed by atoms with Crippen molar-refractivity contribution in [2.45, 2.75) is 37.1 Å². The fourth-order valence-electron chi connectivity index (χ4n) is 1.86. The lowest BCUT2D eigenvalue weighted by molar-refractivity contribution is -0.115. The van der Waals surface area contributed by atoms with Crippen molar-refractivity contribution in [3.05, 3.63) is 34.1 Å². The second kappa shape index (κ2) is 7.90. The van der Waals surface area contributed by atoms with Crippen LogP contribution in [0.25, 0.3) is 0 Å². The molecular weight excluding hydrogens is 357 g/mol. The Balaban J connectivity index is 2.02. The van der Waals surface area contributed by atoms with Crippen LogP contribution in [-0.4, -0.2) is 26.0 Å². The molecule has 0 saturated carbocycles. The zero-order chi connectivity index (χ0) is 17.0. The van der Waals surface area contributed by atoms with Gasteiger partial charge in [-0.15, -0.1) is 10.2 Å². The smallest absolute Gasteiger partial charge is 0.237 e. The van der Waals surface area contributed by atoms with Crippen LogP contribution in [0.1, 0.15) is 26.1 Å². The molecule has 2 rings (SSSR count). The number of benzene rings is 1. The standard InChI is InChI=1S/C14H17Cl2N5OS/c1-3-4-12-19-20-14(21(12)17)23-8(2)13(22)18-11-6-9(15)5-10(16)7-11/h5-8H,3-4,17H2,1-2H3,(H,18,22)/t8-/m0/s1. The van der Waals surface area contributed by atoms with Gasteiger partial charge in [-0.25, -0.2) is 4.68 Å². The highest BCUT2D eigenvalue weighted by atomic mass is 35.5. The van der Waals surface area contributed by atoms with Crippen molar-refractivity contribution < 1.29 is 4.79 Å². The van der Waals surface area contributed by atoms with E-state index in [0.29, 0.717) is 26.7 Å². The summed E-state index contributed by atoms with van der Waals surface area (Å²) in [4.78, 5) is 12.3. The van der Waals surface area contributed by atoms with Crippen LogP contribution in [0.15, 0.2) is 23.4 Å². The molecule has 0 aliphatic heterocycles. The van der Waals surface area contributed by atoms with Gasteiger partial charge in [0.15, 0.2) is 5.82 Å². The maximum atomic E-state index is 12.3. The summed E-state index contributed by atoms with van der Waals surface area (Å²) in [5.41, 5.74) is 0.542. The molecule has 0 aliphatic rings. The molecule has 0 unspecified atom stereocenters. The zero-order valence-corrected chi connectivity index (χ0v) is 15.0. The van der Waals surface area contributed by atoms with Crippen molar-refractivity contribution in [1.82, 2.24) is 14.9 Å². The Morgan fingerprint density at radius 1 is 1.35 bits per heavy atom. The number of hydrogen-bond acceptors (Lipinski definition) is 5. The molecule has 2 aromatic rings. The molecule has 0 radical (unpaired) electrons. The van der Waals surface area contributed by atoms with Crippen molar-refractivity contribution in [2.24, 2.45) is 0 Å². The summed E-state index contributed by atoms with van der Waals surface area (Å²) in [5, 5.41) is 11.8. The van der Waals surface area contributed by atoms with Gasteiger partial charge >= 0.3 is 0 Å². The SMILES string of the molecule is CCCc1nnc(S[C@@H](C)C(=O)Nc2cc(Cl)cc(Cl)c2)n1N. The third-order valence-corrected chi connectivity index (χ3v) is 4.48. The Labute approximate surface area is 148 Å². The van der Waals surface area contributed by atoms with Gasteiger partial charge in [0.1, 0.15) is 0 Å². The van der Waals surface area contributed by atoms with Gasteiger partial charge in [-0.1, -0.05) is 41.9 Å². The minimum Gasteiger partial charge on any atom is -0.336 e. The summed E-state index contributed by atoms with van der Waals surface area (Å²) >= 11 is 13.1. The molecule has 0 fully saturated rings. The molecular formula is C14H17Cl2N5OS. The van der Waals surface area contributed by atoms with E-state index < -0.39 is 5.25 Å². The van der Waals surface area contributed by atoms with Crippen molar-refractivity contribution in [2.75, 3.05) is 11.2 Å². The zero-order valence-electron chi connectivity index (χ0n) is 12.7. The first kappa shape index (κ1) is 17.9. The van der Waals surface area contributed by atoms with Gasteiger partial charge in [0.25, 0.3) is 0 Å². The number of hydrogen-bond donors (Lipinski definition) is 2. The molecule has 1 amide bonds. The maximum Gasteiger partial charge on any atom is 0.237 e. The van der Waals surface area contributed by atoms with Gasteiger partial charge < -0.3 is 11.2 Å². The summed E-state index contributed by atoms with van der Waals surface area (Å²) in [6, 6.07) is 4.87. The topological polar surface area (TPSA) is 85.8 Å². The molecule has 0 bridgehead atoms. The van der Waals surface area contributed by atoms with E-state index in [1.54, 1.807) is 25.1 Å². The molecule has 1 aromatic heterocycles. The minimum atomic E-state index is -0.409. The molecule has 1 aromatic carbocycles. The fourth-order valence-corrected chi connectivity index (χ4v) is 3.18. The highest BCUT2D eigenvalue weighted by Crippen LogP contribution is 2.25. The Hall–Kier alpha value is -1.44. The van der Waals surface area contributed by atoms with Gasteiger partial charge in [-0.05, 0) is 31.5 Å². The van der Waals surface area contributed by atoms with E-state index in [1.807, 2.05) is 6.92 Å². The van der Waals surface area contributed by atoms with Crippen LogP contribution < -0.4 is 11.2 Å². The predicted molar refractivity (Wildman–Crippen MR) is 94.6 cm³/mol. The van der Waals surface area contributed by atoms with Crippen LogP contribution in [0, 0.1) is 0 Å². The lowest BCUT2D eigenvalue weighted by atomic mass is 10.3. The van der Waals surface area contributed by atoms with Gasteiger partial charge in [0.05, 0.1) is 5.25 Å². The maximum absolute atomic E-state index is 12.3. The number of thioether (sulfide) groups is 1. The van der Waals surface area contributed by atoms with E-state index in [2.05, 4.69) is 15.5 Å². The first-order chi connectivity index (χ1) is 10.9. The van der Waals surface area contributed by atoms with Crippen LogP contribution in [0.4, 0.5) is 5.69 Å². The van der Waals surface area contributed by atoms with Crippen molar-refractivity contribution in [3.8, 4) is 0 Å². The number of aromatic nitrogens is 3. The monoisotopic (exact) mass is 373 g/mol. The quantitative estimate of drug-likeness (QED) is 0.598. The summed E-state index contributed by atoms with van der Waals surface area (Å²) < 4.78 is 1.42. The summed E-state index contributed by atoms with van der Waals surface area (Å²) in [6.07, 6.45) is 1.66.